The minimum Gasteiger partial charge on any atom is -0.476 e. The van der Waals surface area contributed by atoms with Gasteiger partial charge < -0.3 is 10.1 Å². The normalized spacial score (nSPS) is 16.9. The summed E-state index contributed by atoms with van der Waals surface area (Å²) >= 11 is 0. The molecule has 2 heterocycles. The molecule has 3 rings (SSSR count). The number of aryl methyl sites for hydroxylation is 1. The number of sulfonamides is 1. The molecular weight excluding hydrogens is 344 g/mol. The molecule has 1 aromatic carbocycles. The Hall–Kier alpha value is -2.55. The number of benzene rings is 1. The summed E-state index contributed by atoms with van der Waals surface area (Å²) in [6.45, 7) is 2.36. The van der Waals surface area contributed by atoms with Crippen LogP contribution in [0.2, 0.25) is 0 Å². The molecule has 2 aromatic rings. The van der Waals surface area contributed by atoms with E-state index < -0.39 is 16.1 Å². The van der Waals surface area contributed by atoms with Gasteiger partial charge >= 0.3 is 0 Å². The SMILES string of the molecule is CCCNC(=O)C1CN(S(=O)(=O)c2cnn(C)c2)c2ccccc2O1. The predicted molar refractivity (Wildman–Crippen MR) is 91.9 cm³/mol. The van der Waals surface area contributed by atoms with Gasteiger partial charge in [-0.1, -0.05) is 19.1 Å². The molecule has 8 nitrogen and oxygen atoms in total. The minimum absolute atomic E-state index is 0.0689. The van der Waals surface area contributed by atoms with E-state index in [1.165, 1.54) is 21.4 Å². The Morgan fingerprint density at radius 3 is 2.84 bits per heavy atom. The number of fused-ring (bicyclic) bond motifs is 1. The Morgan fingerprint density at radius 2 is 2.16 bits per heavy atom. The minimum atomic E-state index is -3.85. The Morgan fingerprint density at radius 1 is 1.40 bits per heavy atom. The number of nitrogens with zero attached hydrogens (tertiary/aromatic N) is 3. The molecule has 0 saturated carbocycles. The molecule has 0 bridgehead atoms. The number of para-hydroxylation sites is 2. The number of anilines is 1. The molecule has 1 aliphatic rings. The van der Waals surface area contributed by atoms with Crippen LogP contribution in [0.5, 0.6) is 5.75 Å². The van der Waals surface area contributed by atoms with E-state index in [0.29, 0.717) is 18.0 Å². The molecule has 134 valence electrons. The van der Waals surface area contributed by atoms with E-state index in [1.54, 1.807) is 31.3 Å². The first-order valence-electron chi connectivity index (χ1n) is 7.98. The van der Waals surface area contributed by atoms with E-state index in [4.69, 9.17) is 4.74 Å². The van der Waals surface area contributed by atoms with Gasteiger partial charge in [-0.05, 0) is 18.6 Å². The van der Waals surface area contributed by atoms with Crippen molar-refractivity contribution >= 4 is 21.6 Å². The lowest BCUT2D eigenvalue weighted by molar-refractivity contribution is -0.127. The van der Waals surface area contributed by atoms with Crippen LogP contribution in [-0.2, 0) is 21.9 Å². The molecule has 0 radical (unpaired) electrons. The van der Waals surface area contributed by atoms with Gasteiger partial charge in [0.25, 0.3) is 15.9 Å². The third-order valence-corrected chi connectivity index (χ3v) is 5.58. The van der Waals surface area contributed by atoms with Crippen LogP contribution in [0.3, 0.4) is 0 Å². The molecule has 0 saturated heterocycles. The lowest BCUT2D eigenvalue weighted by Crippen LogP contribution is -2.50. The van der Waals surface area contributed by atoms with E-state index >= 15 is 0 Å². The van der Waals surface area contributed by atoms with Crippen molar-refractivity contribution in [3.05, 3.63) is 36.7 Å². The zero-order valence-corrected chi connectivity index (χ0v) is 14.9. The van der Waals surface area contributed by atoms with Crippen molar-refractivity contribution < 1.29 is 17.9 Å². The molecule has 1 N–H and O–H groups in total. The number of hydrogen-bond acceptors (Lipinski definition) is 5. The molecule has 0 fully saturated rings. The molecule has 0 aliphatic carbocycles. The van der Waals surface area contributed by atoms with Crippen LogP contribution in [0.15, 0.2) is 41.6 Å². The van der Waals surface area contributed by atoms with Crippen molar-refractivity contribution in [1.82, 2.24) is 15.1 Å². The smallest absolute Gasteiger partial charge is 0.267 e. The summed E-state index contributed by atoms with van der Waals surface area (Å²) in [5, 5.41) is 6.68. The number of carbonyl (C=O) groups is 1. The fourth-order valence-electron chi connectivity index (χ4n) is 2.59. The van der Waals surface area contributed by atoms with Crippen molar-refractivity contribution in [2.75, 3.05) is 17.4 Å². The molecule has 25 heavy (non-hydrogen) atoms. The van der Waals surface area contributed by atoms with E-state index in [0.717, 1.165) is 6.42 Å². The average Bonchev–Trinajstić information content (AvgIpc) is 3.05. The highest BCUT2D eigenvalue weighted by molar-refractivity contribution is 7.92. The highest BCUT2D eigenvalue weighted by Crippen LogP contribution is 2.36. The summed E-state index contributed by atoms with van der Waals surface area (Å²) in [5.41, 5.74) is 0.408. The van der Waals surface area contributed by atoms with Crippen molar-refractivity contribution in [2.24, 2.45) is 7.05 Å². The van der Waals surface area contributed by atoms with E-state index in [9.17, 15) is 13.2 Å². The quantitative estimate of drug-likeness (QED) is 0.851. The van der Waals surface area contributed by atoms with Gasteiger partial charge in [0, 0.05) is 19.8 Å². The van der Waals surface area contributed by atoms with Gasteiger partial charge in [0.15, 0.2) is 6.10 Å². The molecule has 1 aromatic heterocycles. The molecule has 1 unspecified atom stereocenters. The van der Waals surface area contributed by atoms with Gasteiger partial charge in [-0.25, -0.2) is 8.42 Å². The molecule has 9 heteroatoms. The fourth-order valence-corrected chi connectivity index (χ4v) is 4.05. The Kier molecular flexibility index (Phi) is 4.67. The van der Waals surface area contributed by atoms with Crippen LogP contribution in [0, 0.1) is 0 Å². The summed E-state index contributed by atoms with van der Waals surface area (Å²) in [4.78, 5) is 12.4. The largest absolute Gasteiger partial charge is 0.476 e. The monoisotopic (exact) mass is 364 g/mol. The number of amides is 1. The van der Waals surface area contributed by atoms with Crippen LogP contribution in [0.1, 0.15) is 13.3 Å². The van der Waals surface area contributed by atoms with Crippen molar-refractivity contribution in [3.63, 3.8) is 0 Å². The summed E-state index contributed by atoms with van der Waals surface area (Å²) in [5.74, 6) is 0.0283. The number of nitrogens with one attached hydrogen (secondary N) is 1. The van der Waals surface area contributed by atoms with E-state index in [-0.39, 0.29) is 17.3 Å². The number of ether oxygens (including phenoxy) is 1. The second-order valence-electron chi connectivity index (χ2n) is 5.75. The van der Waals surface area contributed by atoms with Gasteiger partial charge in [-0.3, -0.25) is 13.8 Å². The van der Waals surface area contributed by atoms with Gasteiger partial charge in [0.2, 0.25) is 0 Å². The van der Waals surface area contributed by atoms with Crippen LogP contribution < -0.4 is 14.4 Å². The number of carbonyl (C=O) groups excluding carboxylic acids is 1. The highest BCUT2D eigenvalue weighted by Gasteiger charge is 2.37. The zero-order chi connectivity index (χ0) is 18.0. The summed E-state index contributed by atoms with van der Waals surface area (Å²) in [6, 6.07) is 6.77. The number of aromatic nitrogens is 2. The maximum atomic E-state index is 13.0. The standard InChI is InChI=1S/C16H20N4O4S/c1-3-8-17-16(21)15-11-20(13-6-4-5-7-14(13)24-15)25(22,23)12-9-18-19(2)10-12/h4-7,9-10,15H,3,8,11H2,1-2H3,(H,17,21). The maximum absolute atomic E-state index is 13.0. The average molecular weight is 364 g/mol. The lowest BCUT2D eigenvalue weighted by Gasteiger charge is -2.34. The van der Waals surface area contributed by atoms with Crippen LogP contribution >= 0.6 is 0 Å². The van der Waals surface area contributed by atoms with E-state index in [1.807, 2.05) is 6.92 Å². The van der Waals surface area contributed by atoms with Crippen LogP contribution in [0.25, 0.3) is 0 Å². The van der Waals surface area contributed by atoms with Crippen molar-refractivity contribution in [1.29, 1.82) is 0 Å². The Bertz CT molecular complexity index is 878. The van der Waals surface area contributed by atoms with Crippen molar-refractivity contribution in [2.45, 2.75) is 24.3 Å². The first-order chi connectivity index (χ1) is 11.9. The molecule has 0 spiro atoms. The number of rotatable bonds is 5. The number of hydrogen-bond donors (Lipinski definition) is 1. The third-order valence-electron chi connectivity index (χ3n) is 3.85. The van der Waals surface area contributed by atoms with Gasteiger partial charge in [-0.2, -0.15) is 5.10 Å². The summed E-state index contributed by atoms with van der Waals surface area (Å²) in [6.07, 6.45) is 2.60. The molecule has 1 aliphatic heterocycles. The Balaban J connectivity index is 1.98. The predicted octanol–water partition coefficient (Wildman–Crippen LogP) is 0.903. The van der Waals surface area contributed by atoms with Gasteiger partial charge in [0.05, 0.1) is 18.4 Å². The van der Waals surface area contributed by atoms with Crippen LogP contribution in [0.4, 0.5) is 5.69 Å². The Labute approximate surface area is 146 Å². The summed E-state index contributed by atoms with van der Waals surface area (Å²) in [7, 11) is -2.21. The second-order valence-corrected chi connectivity index (χ2v) is 7.61. The summed E-state index contributed by atoms with van der Waals surface area (Å²) < 4.78 is 34.4. The first kappa shape index (κ1) is 17.3. The van der Waals surface area contributed by atoms with Crippen LogP contribution in [-0.4, -0.2) is 43.3 Å². The topological polar surface area (TPSA) is 93.5 Å². The van der Waals surface area contributed by atoms with Gasteiger partial charge in [-0.15, -0.1) is 0 Å². The molecular formula is C16H20N4O4S. The highest BCUT2D eigenvalue weighted by atomic mass is 32.2. The van der Waals surface area contributed by atoms with E-state index in [2.05, 4.69) is 10.4 Å². The maximum Gasteiger partial charge on any atom is 0.267 e. The van der Waals surface area contributed by atoms with Crippen molar-refractivity contribution in [3.8, 4) is 5.75 Å². The van der Waals surface area contributed by atoms with Gasteiger partial charge in [0.1, 0.15) is 10.6 Å². The zero-order valence-electron chi connectivity index (χ0n) is 14.0. The molecule has 1 amide bonds. The first-order valence-corrected chi connectivity index (χ1v) is 9.42. The molecule has 1 atom stereocenters. The third kappa shape index (κ3) is 3.32. The fraction of sp³-hybridized carbons (Fsp3) is 0.375. The second kappa shape index (κ2) is 6.75. The lowest BCUT2D eigenvalue weighted by atomic mass is 10.2.